The summed E-state index contributed by atoms with van der Waals surface area (Å²) in [6, 6.07) is 20.6. The van der Waals surface area contributed by atoms with Crippen LogP contribution >= 0.6 is 11.3 Å². The molecule has 8 nitrogen and oxygen atoms in total. The summed E-state index contributed by atoms with van der Waals surface area (Å²) in [7, 11) is 0. The highest BCUT2D eigenvalue weighted by atomic mass is 32.1. The minimum absolute atomic E-state index is 0.0182. The second kappa shape index (κ2) is 9.24. The van der Waals surface area contributed by atoms with Gasteiger partial charge in [0.1, 0.15) is 0 Å². The molecule has 1 fully saturated rings. The van der Waals surface area contributed by atoms with Crippen molar-refractivity contribution >= 4 is 22.4 Å². The van der Waals surface area contributed by atoms with Crippen LogP contribution in [0.15, 0.2) is 76.2 Å². The fourth-order valence-corrected chi connectivity index (χ4v) is 6.00. The standard InChI is InChI=1S/C26H27N7OS/c1-18(19-7-3-2-4-8-19)33-25(28-29-30-33)24(20-13-16-35-17-20)31-14-11-21(12-15-31)32-23-10-6-5-9-22(23)27-26(32)34/h2-10,13,16-18,21,24H,11-12,14-15H2,1H3,(H,27,34). The van der Waals surface area contributed by atoms with Crippen LogP contribution in [-0.4, -0.2) is 47.7 Å². The van der Waals surface area contributed by atoms with Gasteiger partial charge in [-0.2, -0.15) is 11.3 Å². The van der Waals surface area contributed by atoms with Gasteiger partial charge in [-0.05, 0) is 70.3 Å². The Balaban J connectivity index is 1.30. The number of likely N-dealkylation sites (tertiary alicyclic amines) is 1. The molecule has 0 radical (unpaired) electrons. The molecule has 4 heterocycles. The number of nitrogens with one attached hydrogen (secondary N) is 1. The van der Waals surface area contributed by atoms with E-state index in [2.05, 4.69) is 61.3 Å². The number of hydrogen-bond donors (Lipinski definition) is 1. The summed E-state index contributed by atoms with van der Waals surface area (Å²) in [5, 5.41) is 17.3. The zero-order chi connectivity index (χ0) is 23.8. The first kappa shape index (κ1) is 21.9. The highest BCUT2D eigenvalue weighted by Crippen LogP contribution is 2.35. The van der Waals surface area contributed by atoms with Crippen LogP contribution in [0, 0.1) is 0 Å². The van der Waals surface area contributed by atoms with E-state index >= 15 is 0 Å². The summed E-state index contributed by atoms with van der Waals surface area (Å²) in [5.74, 6) is 0.850. The van der Waals surface area contributed by atoms with Gasteiger partial charge in [-0.3, -0.25) is 9.47 Å². The van der Waals surface area contributed by atoms with Crippen molar-refractivity contribution < 1.29 is 0 Å². The van der Waals surface area contributed by atoms with Crippen molar-refractivity contribution in [3.8, 4) is 0 Å². The van der Waals surface area contributed by atoms with E-state index in [1.807, 2.05) is 51.7 Å². The molecule has 1 aliphatic rings. The van der Waals surface area contributed by atoms with Gasteiger partial charge >= 0.3 is 5.69 Å². The molecule has 6 rings (SSSR count). The van der Waals surface area contributed by atoms with Gasteiger partial charge < -0.3 is 4.98 Å². The van der Waals surface area contributed by atoms with Crippen molar-refractivity contribution in [2.75, 3.05) is 13.1 Å². The fraction of sp³-hybridized carbons (Fsp3) is 0.308. The summed E-state index contributed by atoms with van der Waals surface area (Å²) in [4.78, 5) is 18.2. The van der Waals surface area contributed by atoms with Crippen LogP contribution in [0.2, 0.25) is 0 Å². The van der Waals surface area contributed by atoms with E-state index in [9.17, 15) is 4.79 Å². The van der Waals surface area contributed by atoms with Gasteiger partial charge in [0.15, 0.2) is 5.82 Å². The first-order valence-electron chi connectivity index (χ1n) is 12.0. The van der Waals surface area contributed by atoms with E-state index in [1.54, 1.807) is 11.3 Å². The number of nitrogens with zero attached hydrogens (tertiary/aromatic N) is 6. The molecule has 2 unspecified atom stereocenters. The number of aromatic amines is 1. The number of aromatic nitrogens is 6. The molecular formula is C26H27N7OS. The monoisotopic (exact) mass is 485 g/mol. The Morgan fingerprint density at radius 2 is 1.77 bits per heavy atom. The van der Waals surface area contributed by atoms with Crippen LogP contribution in [0.25, 0.3) is 11.0 Å². The number of imidazole rings is 1. The van der Waals surface area contributed by atoms with Gasteiger partial charge in [-0.1, -0.05) is 42.5 Å². The lowest BCUT2D eigenvalue weighted by Gasteiger charge is -2.37. The molecule has 0 saturated carbocycles. The Kier molecular flexibility index (Phi) is 5.79. The molecule has 9 heteroatoms. The Bertz CT molecular complexity index is 1460. The zero-order valence-electron chi connectivity index (χ0n) is 19.5. The molecule has 35 heavy (non-hydrogen) atoms. The van der Waals surface area contributed by atoms with Crippen LogP contribution in [-0.2, 0) is 0 Å². The second-order valence-electron chi connectivity index (χ2n) is 9.11. The number of benzene rings is 2. The number of tetrazole rings is 1. The zero-order valence-corrected chi connectivity index (χ0v) is 20.3. The van der Waals surface area contributed by atoms with Crippen molar-refractivity contribution in [1.29, 1.82) is 0 Å². The number of para-hydroxylation sites is 2. The Morgan fingerprint density at radius 3 is 2.54 bits per heavy atom. The van der Waals surface area contributed by atoms with Crippen molar-refractivity contribution in [3.05, 3.63) is 98.9 Å². The number of piperidine rings is 1. The van der Waals surface area contributed by atoms with Crippen molar-refractivity contribution in [2.24, 2.45) is 0 Å². The predicted molar refractivity (Wildman–Crippen MR) is 137 cm³/mol. The molecule has 1 aliphatic heterocycles. The van der Waals surface area contributed by atoms with Crippen LogP contribution in [0.5, 0.6) is 0 Å². The maximum absolute atomic E-state index is 12.7. The van der Waals surface area contributed by atoms with Crippen molar-refractivity contribution in [3.63, 3.8) is 0 Å². The molecule has 0 spiro atoms. The van der Waals surface area contributed by atoms with Crippen LogP contribution in [0.3, 0.4) is 0 Å². The van der Waals surface area contributed by atoms with Gasteiger partial charge in [-0.15, -0.1) is 5.10 Å². The molecule has 2 aromatic carbocycles. The summed E-state index contributed by atoms with van der Waals surface area (Å²) in [6.45, 7) is 3.84. The first-order chi connectivity index (χ1) is 17.2. The molecule has 2 atom stereocenters. The van der Waals surface area contributed by atoms with Gasteiger partial charge in [0.05, 0.1) is 23.1 Å². The topological polar surface area (TPSA) is 84.6 Å². The fourth-order valence-electron chi connectivity index (χ4n) is 5.32. The highest BCUT2D eigenvalue weighted by molar-refractivity contribution is 7.08. The summed E-state index contributed by atoms with van der Waals surface area (Å²) in [5.41, 5.74) is 4.22. The molecule has 5 aromatic rings. The largest absolute Gasteiger partial charge is 0.326 e. The smallest absolute Gasteiger partial charge is 0.306 e. The predicted octanol–water partition coefficient (Wildman–Crippen LogP) is 4.41. The lowest BCUT2D eigenvalue weighted by molar-refractivity contribution is 0.146. The third-order valence-corrected chi connectivity index (χ3v) is 7.83. The molecule has 0 aliphatic carbocycles. The van der Waals surface area contributed by atoms with Crippen molar-refractivity contribution in [1.82, 2.24) is 34.7 Å². The number of thiophene rings is 1. The lowest BCUT2D eigenvalue weighted by atomic mass is 9.99. The minimum Gasteiger partial charge on any atom is -0.306 e. The average Bonchev–Trinajstić information content (AvgIpc) is 3.65. The normalized spacial score (nSPS) is 17.1. The molecule has 0 bridgehead atoms. The quantitative estimate of drug-likeness (QED) is 0.385. The van der Waals surface area contributed by atoms with Gasteiger partial charge in [0.2, 0.25) is 0 Å². The lowest BCUT2D eigenvalue weighted by Crippen LogP contribution is -2.40. The third kappa shape index (κ3) is 4.00. The van der Waals surface area contributed by atoms with E-state index in [0.29, 0.717) is 0 Å². The average molecular weight is 486 g/mol. The number of rotatable bonds is 6. The highest BCUT2D eigenvalue weighted by Gasteiger charge is 2.33. The number of hydrogen-bond acceptors (Lipinski definition) is 6. The molecule has 178 valence electrons. The van der Waals surface area contributed by atoms with Gasteiger partial charge in [0, 0.05) is 19.1 Å². The molecular weight excluding hydrogens is 458 g/mol. The van der Waals surface area contributed by atoms with E-state index in [4.69, 9.17) is 0 Å². The van der Waals surface area contributed by atoms with E-state index < -0.39 is 0 Å². The molecule has 0 amide bonds. The van der Waals surface area contributed by atoms with Crippen molar-refractivity contribution in [2.45, 2.75) is 37.9 Å². The summed E-state index contributed by atoms with van der Waals surface area (Å²) < 4.78 is 3.89. The van der Waals surface area contributed by atoms with E-state index in [0.717, 1.165) is 42.8 Å². The maximum Gasteiger partial charge on any atom is 0.326 e. The Morgan fingerprint density at radius 1 is 1.00 bits per heavy atom. The second-order valence-corrected chi connectivity index (χ2v) is 9.89. The minimum atomic E-state index is -0.0388. The SMILES string of the molecule is CC(c1ccccc1)n1nnnc1C(c1ccsc1)N1CCC(n2c(=O)[nH]c3ccccc32)CC1. The van der Waals surface area contributed by atoms with E-state index in [1.165, 1.54) is 11.1 Å². The van der Waals surface area contributed by atoms with Crippen LogP contribution in [0.4, 0.5) is 0 Å². The van der Waals surface area contributed by atoms with Gasteiger partial charge in [0.25, 0.3) is 0 Å². The van der Waals surface area contributed by atoms with Crippen LogP contribution < -0.4 is 5.69 Å². The third-order valence-electron chi connectivity index (χ3n) is 7.12. The Hall–Kier alpha value is -3.56. The Labute approximate surface area is 206 Å². The van der Waals surface area contributed by atoms with Crippen LogP contribution in [0.1, 0.15) is 54.8 Å². The summed E-state index contributed by atoms with van der Waals surface area (Å²) in [6.07, 6.45) is 1.77. The first-order valence-corrected chi connectivity index (χ1v) is 12.9. The van der Waals surface area contributed by atoms with E-state index in [-0.39, 0.29) is 23.8 Å². The maximum atomic E-state index is 12.7. The molecule has 1 N–H and O–H groups in total. The number of H-pyrrole nitrogens is 1. The molecule has 3 aromatic heterocycles. The summed E-state index contributed by atoms with van der Waals surface area (Å²) >= 11 is 1.69. The number of fused-ring (bicyclic) bond motifs is 1. The van der Waals surface area contributed by atoms with Gasteiger partial charge in [-0.25, -0.2) is 9.48 Å². The molecule has 1 saturated heterocycles.